The van der Waals surface area contributed by atoms with Crippen LogP contribution in [0.15, 0.2) is 47.4 Å². The van der Waals surface area contributed by atoms with Gasteiger partial charge in [-0.05, 0) is 67.8 Å². The predicted octanol–water partition coefficient (Wildman–Crippen LogP) is 4.34. The van der Waals surface area contributed by atoms with Crippen LogP contribution in [0.4, 0.5) is 5.69 Å². The lowest BCUT2D eigenvalue weighted by Crippen LogP contribution is -2.41. The number of sulfonamides is 1. The summed E-state index contributed by atoms with van der Waals surface area (Å²) < 4.78 is 26.8. The highest BCUT2D eigenvalue weighted by atomic mass is 35.5. The molecule has 1 amide bonds. The van der Waals surface area contributed by atoms with Crippen LogP contribution >= 0.6 is 23.2 Å². The van der Waals surface area contributed by atoms with Gasteiger partial charge in [-0.25, -0.2) is 8.42 Å². The molecule has 0 unspecified atom stereocenters. The van der Waals surface area contributed by atoms with Gasteiger partial charge in [0.15, 0.2) is 0 Å². The molecule has 0 spiro atoms. The second kappa shape index (κ2) is 8.19. The van der Waals surface area contributed by atoms with E-state index >= 15 is 0 Å². The number of carbonyl (C=O) groups excluding carboxylic acids is 1. The van der Waals surface area contributed by atoms with Gasteiger partial charge in [0.2, 0.25) is 15.9 Å². The number of hydrogen-bond donors (Lipinski definition) is 1. The predicted molar refractivity (Wildman–Crippen MR) is 108 cm³/mol. The van der Waals surface area contributed by atoms with Gasteiger partial charge in [-0.1, -0.05) is 23.2 Å². The third-order valence-corrected chi connectivity index (χ3v) is 7.12. The van der Waals surface area contributed by atoms with Crippen molar-refractivity contribution in [1.82, 2.24) is 4.31 Å². The molecule has 2 aromatic rings. The molecule has 0 radical (unpaired) electrons. The van der Waals surface area contributed by atoms with Crippen LogP contribution < -0.4 is 5.32 Å². The summed E-state index contributed by atoms with van der Waals surface area (Å²) >= 11 is 11.8. The maximum Gasteiger partial charge on any atom is 0.243 e. The van der Waals surface area contributed by atoms with Gasteiger partial charge < -0.3 is 5.32 Å². The van der Waals surface area contributed by atoms with Crippen LogP contribution in [-0.4, -0.2) is 31.7 Å². The molecule has 0 saturated carbocycles. The number of halogens is 2. The molecule has 0 bridgehead atoms. The summed E-state index contributed by atoms with van der Waals surface area (Å²) in [7, 11) is -3.57. The summed E-state index contributed by atoms with van der Waals surface area (Å²) in [5, 5.41) is 4.02. The molecular formula is C19H20Cl2N2O3S. The smallest absolute Gasteiger partial charge is 0.243 e. The molecule has 0 aromatic heterocycles. The number of anilines is 1. The first-order valence-corrected chi connectivity index (χ1v) is 10.8. The molecule has 27 heavy (non-hydrogen) atoms. The van der Waals surface area contributed by atoms with Gasteiger partial charge >= 0.3 is 0 Å². The van der Waals surface area contributed by atoms with Crippen LogP contribution in [-0.2, 0) is 14.8 Å². The molecule has 8 heteroatoms. The molecule has 3 rings (SSSR count). The highest BCUT2D eigenvalue weighted by Gasteiger charge is 2.32. The van der Waals surface area contributed by atoms with Gasteiger partial charge in [-0.15, -0.1) is 0 Å². The highest BCUT2D eigenvalue weighted by Crippen LogP contribution is 2.26. The van der Waals surface area contributed by atoms with Crippen molar-refractivity contribution in [3.8, 4) is 0 Å². The van der Waals surface area contributed by atoms with Gasteiger partial charge in [0.25, 0.3) is 0 Å². The Morgan fingerprint density at radius 2 is 1.63 bits per heavy atom. The molecule has 5 nitrogen and oxygen atoms in total. The lowest BCUT2D eigenvalue weighted by atomic mass is 9.97. The first-order valence-electron chi connectivity index (χ1n) is 8.60. The highest BCUT2D eigenvalue weighted by molar-refractivity contribution is 7.89. The van der Waals surface area contributed by atoms with Crippen LogP contribution in [0, 0.1) is 12.8 Å². The minimum atomic E-state index is -3.57. The fourth-order valence-electron chi connectivity index (χ4n) is 3.12. The topological polar surface area (TPSA) is 66.5 Å². The molecule has 1 heterocycles. The van der Waals surface area contributed by atoms with Gasteiger partial charge in [0, 0.05) is 34.7 Å². The molecular weight excluding hydrogens is 407 g/mol. The molecule has 2 aromatic carbocycles. The number of piperidine rings is 1. The average molecular weight is 427 g/mol. The van der Waals surface area contributed by atoms with Gasteiger partial charge in [-0.3, -0.25) is 4.79 Å². The van der Waals surface area contributed by atoms with Crippen molar-refractivity contribution >= 4 is 44.8 Å². The summed E-state index contributed by atoms with van der Waals surface area (Å²) in [4.78, 5) is 12.8. The third kappa shape index (κ3) is 4.63. The monoisotopic (exact) mass is 426 g/mol. The minimum Gasteiger partial charge on any atom is -0.326 e. The van der Waals surface area contributed by atoms with E-state index < -0.39 is 10.0 Å². The number of nitrogens with one attached hydrogen (secondary N) is 1. The van der Waals surface area contributed by atoms with Gasteiger partial charge in [0.05, 0.1) is 4.90 Å². The van der Waals surface area contributed by atoms with Gasteiger partial charge in [-0.2, -0.15) is 4.31 Å². The number of amides is 1. The number of aryl methyl sites for hydroxylation is 1. The van der Waals surface area contributed by atoms with Crippen molar-refractivity contribution in [3.63, 3.8) is 0 Å². The summed E-state index contributed by atoms with van der Waals surface area (Å²) in [6.45, 7) is 2.49. The molecule has 1 fully saturated rings. The SMILES string of the molecule is Cc1cc(Cl)ccc1NC(=O)C1CCN(S(=O)(=O)c2ccc(Cl)cc2)CC1. The fourth-order valence-corrected chi connectivity index (χ4v) is 4.94. The van der Waals surface area contributed by atoms with Crippen LogP contribution in [0.25, 0.3) is 0 Å². The van der Waals surface area contributed by atoms with Crippen molar-refractivity contribution < 1.29 is 13.2 Å². The van der Waals surface area contributed by atoms with Crippen LogP contribution in [0.1, 0.15) is 18.4 Å². The Balaban J connectivity index is 1.62. The lowest BCUT2D eigenvalue weighted by Gasteiger charge is -2.30. The van der Waals surface area contributed by atoms with Gasteiger partial charge in [0.1, 0.15) is 0 Å². The Labute approximate surface area is 169 Å². The summed E-state index contributed by atoms with van der Waals surface area (Å²) in [6.07, 6.45) is 0.955. The molecule has 144 valence electrons. The quantitative estimate of drug-likeness (QED) is 0.790. The zero-order valence-corrected chi connectivity index (χ0v) is 17.1. The minimum absolute atomic E-state index is 0.0936. The van der Waals surface area contributed by atoms with E-state index in [4.69, 9.17) is 23.2 Å². The van der Waals surface area contributed by atoms with Crippen molar-refractivity contribution in [2.75, 3.05) is 18.4 Å². The first kappa shape index (κ1) is 20.1. The normalized spacial score (nSPS) is 16.3. The Hall–Kier alpha value is -1.60. The molecule has 1 saturated heterocycles. The maximum atomic E-state index is 12.7. The number of rotatable bonds is 4. The Morgan fingerprint density at radius 1 is 1.04 bits per heavy atom. The van der Waals surface area contributed by atoms with Crippen LogP contribution in [0.5, 0.6) is 0 Å². The van der Waals surface area contributed by atoms with E-state index in [9.17, 15) is 13.2 Å². The standard InChI is InChI=1S/C19H20Cl2N2O3S/c1-13-12-16(21)4-7-18(13)22-19(24)14-8-10-23(11-9-14)27(25,26)17-5-2-15(20)3-6-17/h2-7,12,14H,8-11H2,1H3,(H,22,24). The molecule has 1 aliphatic heterocycles. The zero-order valence-electron chi connectivity index (χ0n) is 14.8. The Morgan fingerprint density at radius 3 is 2.22 bits per heavy atom. The van der Waals surface area contributed by atoms with E-state index in [1.807, 2.05) is 6.92 Å². The van der Waals surface area contributed by atoms with Crippen molar-refractivity contribution in [3.05, 3.63) is 58.1 Å². The third-order valence-electron chi connectivity index (χ3n) is 4.72. The largest absolute Gasteiger partial charge is 0.326 e. The number of hydrogen-bond acceptors (Lipinski definition) is 3. The second-order valence-corrected chi connectivity index (χ2v) is 9.39. The van der Waals surface area contributed by atoms with Crippen molar-refractivity contribution in [2.45, 2.75) is 24.7 Å². The average Bonchev–Trinajstić information content (AvgIpc) is 2.64. The summed E-state index contributed by atoms with van der Waals surface area (Å²) in [5.41, 5.74) is 1.61. The van der Waals surface area contributed by atoms with E-state index in [0.29, 0.717) is 36.0 Å². The van der Waals surface area contributed by atoms with E-state index in [-0.39, 0.29) is 16.7 Å². The van der Waals surface area contributed by atoms with Crippen molar-refractivity contribution in [1.29, 1.82) is 0 Å². The van der Waals surface area contributed by atoms with E-state index in [1.165, 1.54) is 16.4 Å². The Kier molecular flexibility index (Phi) is 6.11. The first-order chi connectivity index (χ1) is 12.8. The zero-order chi connectivity index (χ0) is 19.6. The summed E-state index contributed by atoms with van der Waals surface area (Å²) in [6, 6.07) is 11.4. The van der Waals surface area contributed by atoms with Crippen LogP contribution in [0.3, 0.4) is 0 Å². The molecule has 0 atom stereocenters. The van der Waals surface area contributed by atoms with Crippen molar-refractivity contribution in [2.24, 2.45) is 5.92 Å². The van der Waals surface area contributed by atoms with E-state index in [2.05, 4.69) is 5.32 Å². The molecule has 1 N–H and O–H groups in total. The molecule has 1 aliphatic rings. The van der Waals surface area contributed by atoms with Crippen LogP contribution in [0.2, 0.25) is 10.0 Å². The summed E-state index contributed by atoms with van der Waals surface area (Å²) in [5.74, 6) is -0.319. The lowest BCUT2D eigenvalue weighted by molar-refractivity contribution is -0.120. The molecule has 0 aliphatic carbocycles. The van der Waals surface area contributed by atoms with E-state index in [1.54, 1.807) is 30.3 Å². The van der Waals surface area contributed by atoms with E-state index in [0.717, 1.165) is 11.3 Å². The number of carbonyl (C=O) groups is 1. The second-order valence-electron chi connectivity index (χ2n) is 6.58. The maximum absolute atomic E-state index is 12.7. The fraction of sp³-hybridized carbons (Fsp3) is 0.316. The number of nitrogens with zero attached hydrogens (tertiary/aromatic N) is 1. The number of benzene rings is 2. The Bertz CT molecular complexity index is 938.